The lowest BCUT2D eigenvalue weighted by Gasteiger charge is -2.20. The van der Waals surface area contributed by atoms with Crippen LogP contribution in [0.15, 0.2) is 24.4 Å². The maximum Gasteiger partial charge on any atom is 0.167 e. The van der Waals surface area contributed by atoms with Crippen molar-refractivity contribution < 1.29 is 4.39 Å². The predicted molar refractivity (Wildman–Crippen MR) is 72.9 cm³/mol. The summed E-state index contributed by atoms with van der Waals surface area (Å²) in [7, 11) is 0. The first-order valence-corrected chi connectivity index (χ1v) is 6.35. The standard InChI is InChI=1S/C13H16ClFN4/c1-13(2,3)16-7-9-8-17-18-19(9)11-6-4-5-10(14)12(11)15/h4-6,8,16H,7H2,1-3H3. The number of benzene rings is 1. The van der Waals surface area contributed by atoms with E-state index in [9.17, 15) is 4.39 Å². The van der Waals surface area contributed by atoms with Gasteiger partial charge in [0.25, 0.3) is 0 Å². The molecule has 1 aromatic carbocycles. The van der Waals surface area contributed by atoms with Gasteiger partial charge in [0.1, 0.15) is 5.69 Å². The van der Waals surface area contributed by atoms with Crippen molar-refractivity contribution in [2.75, 3.05) is 0 Å². The van der Waals surface area contributed by atoms with E-state index in [0.29, 0.717) is 12.2 Å². The van der Waals surface area contributed by atoms with Gasteiger partial charge >= 0.3 is 0 Å². The van der Waals surface area contributed by atoms with Crippen LogP contribution >= 0.6 is 11.6 Å². The molecular weight excluding hydrogens is 267 g/mol. The quantitative estimate of drug-likeness (QED) is 0.941. The normalized spacial score (nSPS) is 11.8. The molecule has 0 saturated heterocycles. The predicted octanol–water partition coefficient (Wildman–Crippen LogP) is 2.95. The van der Waals surface area contributed by atoms with Crippen molar-refractivity contribution in [3.05, 3.63) is 40.9 Å². The molecule has 1 heterocycles. The summed E-state index contributed by atoms with van der Waals surface area (Å²) in [4.78, 5) is 0. The molecule has 0 aliphatic heterocycles. The van der Waals surface area contributed by atoms with Gasteiger partial charge in [-0.2, -0.15) is 0 Å². The average molecular weight is 283 g/mol. The molecule has 1 aromatic heterocycles. The average Bonchev–Trinajstić information content (AvgIpc) is 2.77. The van der Waals surface area contributed by atoms with E-state index in [0.717, 1.165) is 5.69 Å². The molecule has 0 atom stereocenters. The maximum absolute atomic E-state index is 14.0. The van der Waals surface area contributed by atoms with E-state index >= 15 is 0 Å². The summed E-state index contributed by atoms with van der Waals surface area (Å²) in [6.07, 6.45) is 1.61. The number of hydrogen-bond donors (Lipinski definition) is 1. The Morgan fingerprint density at radius 3 is 2.79 bits per heavy atom. The Hall–Kier alpha value is -1.46. The Balaban J connectivity index is 2.31. The van der Waals surface area contributed by atoms with Crippen LogP contribution in [0.3, 0.4) is 0 Å². The van der Waals surface area contributed by atoms with Crippen molar-refractivity contribution in [2.45, 2.75) is 32.9 Å². The lowest BCUT2D eigenvalue weighted by molar-refractivity contribution is 0.418. The molecule has 0 unspecified atom stereocenters. The summed E-state index contributed by atoms with van der Waals surface area (Å²) >= 11 is 5.78. The van der Waals surface area contributed by atoms with Crippen molar-refractivity contribution in [3.8, 4) is 5.69 Å². The molecule has 4 nitrogen and oxygen atoms in total. The number of nitrogens with zero attached hydrogens (tertiary/aromatic N) is 3. The van der Waals surface area contributed by atoms with Crippen LogP contribution in [0.25, 0.3) is 5.69 Å². The van der Waals surface area contributed by atoms with Crippen LogP contribution in [0.5, 0.6) is 0 Å². The van der Waals surface area contributed by atoms with Crippen LogP contribution in [-0.2, 0) is 6.54 Å². The summed E-state index contributed by atoms with van der Waals surface area (Å²) in [6, 6.07) is 4.81. The molecule has 0 aliphatic carbocycles. The van der Waals surface area contributed by atoms with E-state index in [1.807, 2.05) is 0 Å². The second-order valence-electron chi connectivity index (χ2n) is 5.31. The van der Waals surface area contributed by atoms with Crippen LogP contribution in [0.2, 0.25) is 5.02 Å². The number of halogens is 2. The molecule has 0 radical (unpaired) electrons. The van der Waals surface area contributed by atoms with Gasteiger partial charge in [0.05, 0.1) is 16.9 Å². The fraction of sp³-hybridized carbons (Fsp3) is 0.385. The maximum atomic E-state index is 14.0. The Kier molecular flexibility index (Phi) is 3.87. The minimum atomic E-state index is -0.494. The minimum Gasteiger partial charge on any atom is -0.306 e. The number of aromatic nitrogens is 3. The highest BCUT2D eigenvalue weighted by Gasteiger charge is 2.15. The molecule has 6 heteroatoms. The molecule has 2 rings (SSSR count). The van der Waals surface area contributed by atoms with Crippen LogP contribution in [0.4, 0.5) is 4.39 Å². The first-order valence-electron chi connectivity index (χ1n) is 5.97. The third-order valence-electron chi connectivity index (χ3n) is 2.58. The zero-order valence-electron chi connectivity index (χ0n) is 11.1. The van der Waals surface area contributed by atoms with Gasteiger partial charge in [0.2, 0.25) is 0 Å². The Bertz CT molecular complexity index is 574. The zero-order valence-corrected chi connectivity index (χ0v) is 11.9. The first-order chi connectivity index (χ1) is 8.88. The highest BCUT2D eigenvalue weighted by atomic mass is 35.5. The summed E-state index contributed by atoms with van der Waals surface area (Å²) in [5.74, 6) is -0.494. The van der Waals surface area contributed by atoms with Crippen molar-refractivity contribution in [1.29, 1.82) is 0 Å². The molecule has 0 amide bonds. The lowest BCUT2D eigenvalue weighted by atomic mass is 10.1. The molecule has 19 heavy (non-hydrogen) atoms. The molecule has 0 fully saturated rings. The molecule has 0 spiro atoms. The van der Waals surface area contributed by atoms with Gasteiger partial charge in [-0.3, -0.25) is 0 Å². The largest absolute Gasteiger partial charge is 0.306 e. The lowest BCUT2D eigenvalue weighted by Crippen LogP contribution is -2.35. The number of hydrogen-bond acceptors (Lipinski definition) is 3. The summed E-state index contributed by atoms with van der Waals surface area (Å²) in [5, 5.41) is 11.1. The van der Waals surface area contributed by atoms with Crippen LogP contribution in [0, 0.1) is 5.82 Å². The van der Waals surface area contributed by atoms with Gasteiger partial charge in [0, 0.05) is 12.1 Å². The highest BCUT2D eigenvalue weighted by Crippen LogP contribution is 2.21. The fourth-order valence-corrected chi connectivity index (χ4v) is 1.76. The van der Waals surface area contributed by atoms with Crippen LogP contribution in [-0.4, -0.2) is 20.5 Å². The third kappa shape index (κ3) is 3.30. The SMILES string of the molecule is CC(C)(C)NCc1cnnn1-c1cccc(Cl)c1F. The third-order valence-corrected chi connectivity index (χ3v) is 2.87. The summed E-state index contributed by atoms with van der Waals surface area (Å²) < 4.78 is 15.4. The summed E-state index contributed by atoms with van der Waals surface area (Å²) in [5.41, 5.74) is 1.04. The Morgan fingerprint density at radius 2 is 2.11 bits per heavy atom. The smallest absolute Gasteiger partial charge is 0.167 e. The second-order valence-corrected chi connectivity index (χ2v) is 5.72. The van der Waals surface area contributed by atoms with Crippen LogP contribution in [0.1, 0.15) is 26.5 Å². The van der Waals surface area contributed by atoms with Gasteiger partial charge in [-0.25, -0.2) is 9.07 Å². The molecule has 0 saturated carbocycles. The van der Waals surface area contributed by atoms with E-state index in [1.54, 1.807) is 18.3 Å². The number of rotatable bonds is 3. The van der Waals surface area contributed by atoms with E-state index < -0.39 is 5.82 Å². The first kappa shape index (κ1) is 14.0. The van der Waals surface area contributed by atoms with Gasteiger partial charge < -0.3 is 5.32 Å². The molecule has 1 N–H and O–H groups in total. The van der Waals surface area contributed by atoms with E-state index in [2.05, 4.69) is 36.4 Å². The minimum absolute atomic E-state index is 0.0397. The van der Waals surface area contributed by atoms with Gasteiger partial charge in [-0.05, 0) is 32.9 Å². The van der Waals surface area contributed by atoms with Crippen molar-refractivity contribution in [3.63, 3.8) is 0 Å². The Morgan fingerprint density at radius 1 is 1.37 bits per heavy atom. The highest BCUT2D eigenvalue weighted by molar-refractivity contribution is 6.30. The molecule has 102 valence electrons. The van der Waals surface area contributed by atoms with E-state index in [-0.39, 0.29) is 10.6 Å². The van der Waals surface area contributed by atoms with Crippen molar-refractivity contribution in [1.82, 2.24) is 20.3 Å². The van der Waals surface area contributed by atoms with Crippen molar-refractivity contribution >= 4 is 11.6 Å². The summed E-state index contributed by atoms with van der Waals surface area (Å²) in [6.45, 7) is 6.71. The van der Waals surface area contributed by atoms with Gasteiger partial charge in [-0.15, -0.1) is 5.10 Å². The molecule has 2 aromatic rings. The molecule has 0 bridgehead atoms. The Labute approximate surface area is 116 Å². The van der Waals surface area contributed by atoms with Gasteiger partial charge in [-0.1, -0.05) is 22.9 Å². The molecule has 0 aliphatic rings. The topological polar surface area (TPSA) is 42.7 Å². The second kappa shape index (κ2) is 5.27. The van der Waals surface area contributed by atoms with E-state index in [1.165, 1.54) is 10.7 Å². The molecular formula is C13H16ClFN4. The zero-order chi connectivity index (χ0) is 14.0. The number of nitrogens with one attached hydrogen (secondary N) is 1. The van der Waals surface area contributed by atoms with Gasteiger partial charge in [0.15, 0.2) is 5.82 Å². The van der Waals surface area contributed by atoms with Crippen molar-refractivity contribution in [2.24, 2.45) is 0 Å². The fourth-order valence-electron chi connectivity index (χ4n) is 1.59. The van der Waals surface area contributed by atoms with Crippen LogP contribution < -0.4 is 5.32 Å². The monoisotopic (exact) mass is 282 g/mol. The van der Waals surface area contributed by atoms with E-state index in [4.69, 9.17) is 11.6 Å².